The van der Waals surface area contributed by atoms with Gasteiger partial charge in [0, 0.05) is 5.54 Å². The highest BCUT2D eigenvalue weighted by molar-refractivity contribution is 7.71. The van der Waals surface area contributed by atoms with Crippen LogP contribution < -0.4 is 5.32 Å². The predicted molar refractivity (Wildman–Crippen MR) is 106 cm³/mol. The third kappa shape index (κ3) is 3.59. The first-order valence-corrected chi connectivity index (χ1v) is 9.67. The molecule has 0 aliphatic heterocycles. The first-order chi connectivity index (χ1) is 13.1. The lowest BCUT2D eigenvalue weighted by molar-refractivity contribution is 0.166. The molecule has 1 N–H and O–H groups in total. The fourth-order valence-corrected chi connectivity index (χ4v) is 4.00. The second-order valence-corrected chi connectivity index (χ2v) is 7.54. The molecule has 0 atom stereocenters. The lowest BCUT2D eigenvalue weighted by Crippen LogP contribution is -2.48. The molecule has 0 radical (unpaired) electrons. The number of aromatic nitrogens is 3. The van der Waals surface area contributed by atoms with Crippen molar-refractivity contribution in [3.63, 3.8) is 0 Å². The van der Waals surface area contributed by atoms with Crippen LogP contribution in [0.5, 0.6) is 0 Å². The van der Waals surface area contributed by atoms with Gasteiger partial charge < -0.3 is 0 Å². The maximum Gasteiger partial charge on any atom is 0.199 e. The monoisotopic (exact) mass is 382 g/mol. The predicted octanol–water partition coefficient (Wildman–Crippen LogP) is 4.54. The number of halogens is 1. The first-order valence-electron chi connectivity index (χ1n) is 9.27. The number of nitrogens with one attached hydrogen (secondary N) is 1. The van der Waals surface area contributed by atoms with Crippen LogP contribution in [0.25, 0.3) is 0 Å². The van der Waals surface area contributed by atoms with Crippen LogP contribution in [0.3, 0.4) is 0 Å². The summed E-state index contributed by atoms with van der Waals surface area (Å²) in [5.74, 6) is 0.695. The van der Waals surface area contributed by atoms with E-state index < -0.39 is 0 Å². The zero-order valence-corrected chi connectivity index (χ0v) is 16.2. The Morgan fingerprint density at radius 1 is 1.11 bits per heavy atom. The highest BCUT2D eigenvalue weighted by Gasteiger charge is 2.38. The SMILES string of the molecule is Cc1nn(CNC2(c3ccc(F)cc3)CCC2)c(=S)n1Cc1ccccc1. The van der Waals surface area contributed by atoms with Crippen LogP contribution in [0.15, 0.2) is 54.6 Å². The molecule has 1 aliphatic rings. The summed E-state index contributed by atoms with van der Waals surface area (Å²) in [5, 5.41) is 8.26. The minimum atomic E-state index is -0.203. The fraction of sp³-hybridized carbons (Fsp3) is 0.333. The van der Waals surface area contributed by atoms with E-state index in [4.69, 9.17) is 12.2 Å². The molecule has 0 saturated heterocycles. The maximum absolute atomic E-state index is 13.3. The quantitative estimate of drug-likeness (QED) is 0.636. The number of hydrogen-bond acceptors (Lipinski definition) is 3. The van der Waals surface area contributed by atoms with Crippen molar-refractivity contribution in [3.8, 4) is 0 Å². The average Bonchev–Trinajstić information content (AvgIpc) is 2.91. The number of hydrogen-bond donors (Lipinski definition) is 1. The second kappa shape index (κ2) is 7.37. The summed E-state index contributed by atoms with van der Waals surface area (Å²) < 4.78 is 17.9. The highest BCUT2D eigenvalue weighted by atomic mass is 32.1. The highest BCUT2D eigenvalue weighted by Crippen LogP contribution is 2.41. The standard InChI is InChI=1S/C21H23FN4S/c1-16-24-26(20(27)25(16)14-17-6-3-2-4-7-17)15-23-21(12-5-13-21)18-8-10-19(22)11-9-18/h2-4,6-11,23H,5,12-15H2,1H3. The Balaban J connectivity index is 1.52. The van der Waals surface area contributed by atoms with Crippen LogP contribution >= 0.6 is 12.2 Å². The van der Waals surface area contributed by atoms with E-state index in [-0.39, 0.29) is 11.4 Å². The molecule has 0 unspecified atom stereocenters. The zero-order chi connectivity index (χ0) is 18.9. The molecular formula is C21H23FN4S. The van der Waals surface area contributed by atoms with Gasteiger partial charge in [-0.05, 0) is 61.7 Å². The summed E-state index contributed by atoms with van der Waals surface area (Å²) in [6, 6.07) is 17.1. The molecule has 1 aliphatic carbocycles. The molecule has 4 rings (SSSR count). The normalized spacial score (nSPS) is 15.5. The van der Waals surface area contributed by atoms with Gasteiger partial charge in [-0.25, -0.2) is 9.07 Å². The molecule has 2 aromatic carbocycles. The van der Waals surface area contributed by atoms with Crippen LogP contribution in [0.4, 0.5) is 4.39 Å². The minimum Gasteiger partial charge on any atom is -0.300 e. The van der Waals surface area contributed by atoms with E-state index in [0.717, 1.165) is 30.7 Å². The van der Waals surface area contributed by atoms with E-state index in [1.807, 2.05) is 41.9 Å². The molecule has 1 heterocycles. The molecule has 4 nitrogen and oxygen atoms in total. The maximum atomic E-state index is 13.3. The largest absolute Gasteiger partial charge is 0.300 e. The molecule has 0 spiro atoms. The topological polar surface area (TPSA) is 34.8 Å². The van der Waals surface area contributed by atoms with Gasteiger partial charge in [0.1, 0.15) is 11.6 Å². The van der Waals surface area contributed by atoms with Crippen molar-refractivity contribution in [2.45, 2.75) is 44.9 Å². The van der Waals surface area contributed by atoms with Crippen LogP contribution in [-0.2, 0) is 18.8 Å². The van der Waals surface area contributed by atoms with E-state index in [9.17, 15) is 4.39 Å². The van der Waals surface area contributed by atoms with Crippen molar-refractivity contribution < 1.29 is 4.39 Å². The Bertz CT molecular complexity index is 972. The first kappa shape index (κ1) is 18.1. The van der Waals surface area contributed by atoms with Crippen molar-refractivity contribution >= 4 is 12.2 Å². The van der Waals surface area contributed by atoms with E-state index >= 15 is 0 Å². The molecule has 6 heteroatoms. The Hall–Kier alpha value is -2.31. The van der Waals surface area contributed by atoms with E-state index in [1.165, 1.54) is 17.7 Å². The Morgan fingerprint density at radius 3 is 2.44 bits per heavy atom. The summed E-state index contributed by atoms with van der Waals surface area (Å²) in [6.07, 6.45) is 3.24. The second-order valence-electron chi connectivity index (χ2n) is 7.18. The molecule has 1 aromatic heterocycles. The molecule has 0 amide bonds. The van der Waals surface area contributed by atoms with Crippen molar-refractivity contribution in [1.82, 2.24) is 19.7 Å². The number of aryl methyl sites for hydroxylation is 1. The molecule has 1 saturated carbocycles. The smallest absolute Gasteiger partial charge is 0.199 e. The third-order valence-corrected chi connectivity index (χ3v) is 5.89. The van der Waals surface area contributed by atoms with Gasteiger partial charge in [-0.15, -0.1) is 0 Å². The average molecular weight is 383 g/mol. The van der Waals surface area contributed by atoms with Crippen molar-refractivity contribution in [2.75, 3.05) is 0 Å². The lowest BCUT2D eigenvalue weighted by atomic mass is 9.72. The molecule has 3 aromatic rings. The zero-order valence-electron chi connectivity index (χ0n) is 15.4. The fourth-order valence-electron chi connectivity index (χ4n) is 3.69. The summed E-state index contributed by atoms with van der Waals surface area (Å²) >= 11 is 5.66. The lowest BCUT2D eigenvalue weighted by Gasteiger charge is -2.43. The summed E-state index contributed by atoms with van der Waals surface area (Å²) in [4.78, 5) is 0. The number of rotatable bonds is 6. The Labute approximate surface area is 163 Å². The molecular weight excluding hydrogens is 359 g/mol. The van der Waals surface area contributed by atoms with Gasteiger partial charge in [0.05, 0.1) is 13.2 Å². The number of nitrogens with zero attached hydrogens (tertiary/aromatic N) is 3. The molecule has 1 fully saturated rings. The van der Waals surface area contributed by atoms with Gasteiger partial charge in [-0.3, -0.25) is 9.88 Å². The molecule has 140 valence electrons. The van der Waals surface area contributed by atoms with Crippen molar-refractivity contribution in [1.29, 1.82) is 0 Å². The van der Waals surface area contributed by atoms with Crippen LogP contribution in [0, 0.1) is 17.5 Å². The Kier molecular flexibility index (Phi) is 4.93. The van der Waals surface area contributed by atoms with Crippen LogP contribution in [0.2, 0.25) is 0 Å². The summed E-state index contributed by atoms with van der Waals surface area (Å²) in [7, 11) is 0. The third-order valence-electron chi connectivity index (χ3n) is 5.46. The molecule has 27 heavy (non-hydrogen) atoms. The van der Waals surface area contributed by atoms with Crippen molar-refractivity contribution in [3.05, 3.63) is 82.1 Å². The molecule has 0 bridgehead atoms. The Morgan fingerprint density at radius 2 is 1.81 bits per heavy atom. The van der Waals surface area contributed by atoms with Gasteiger partial charge in [0.2, 0.25) is 0 Å². The van der Waals surface area contributed by atoms with E-state index in [0.29, 0.717) is 18.0 Å². The van der Waals surface area contributed by atoms with Gasteiger partial charge in [-0.2, -0.15) is 5.10 Å². The number of benzene rings is 2. The van der Waals surface area contributed by atoms with Gasteiger partial charge in [0.15, 0.2) is 4.77 Å². The van der Waals surface area contributed by atoms with E-state index in [2.05, 4.69) is 27.1 Å². The van der Waals surface area contributed by atoms with E-state index in [1.54, 1.807) is 0 Å². The summed E-state index contributed by atoms with van der Waals surface area (Å²) in [6.45, 7) is 3.24. The summed E-state index contributed by atoms with van der Waals surface area (Å²) in [5.41, 5.74) is 2.22. The van der Waals surface area contributed by atoms with Crippen LogP contribution in [0.1, 0.15) is 36.2 Å². The van der Waals surface area contributed by atoms with Gasteiger partial charge in [0.25, 0.3) is 0 Å². The van der Waals surface area contributed by atoms with Crippen LogP contribution in [-0.4, -0.2) is 14.3 Å². The minimum absolute atomic E-state index is 0.112. The van der Waals surface area contributed by atoms with Gasteiger partial charge >= 0.3 is 0 Å². The van der Waals surface area contributed by atoms with Gasteiger partial charge in [-0.1, -0.05) is 42.5 Å². The van der Waals surface area contributed by atoms with Crippen molar-refractivity contribution in [2.24, 2.45) is 0 Å².